The van der Waals surface area contributed by atoms with Gasteiger partial charge in [0.05, 0.1) is 25.0 Å². The average molecular weight is 364 g/mol. The fourth-order valence-corrected chi connectivity index (χ4v) is 3.14. The number of carbonyl (C=O) groups is 1. The SMILES string of the molecule is COc1ccc(C)cc1COC(=O)c1c(C)nn(Cc2ccccc2)c1C. The number of nitrogens with zero attached hydrogens (tertiary/aromatic N) is 2. The summed E-state index contributed by atoms with van der Waals surface area (Å²) in [7, 11) is 1.61. The van der Waals surface area contributed by atoms with Crippen LogP contribution in [0.4, 0.5) is 0 Å². The summed E-state index contributed by atoms with van der Waals surface area (Å²) in [5.74, 6) is 0.342. The fourth-order valence-electron chi connectivity index (χ4n) is 3.14. The lowest BCUT2D eigenvalue weighted by Crippen LogP contribution is -2.09. The van der Waals surface area contributed by atoms with Crippen LogP contribution < -0.4 is 4.74 Å². The minimum atomic E-state index is -0.368. The first kappa shape index (κ1) is 18.7. The summed E-state index contributed by atoms with van der Waals surface area (Å²) in [5.41, 5.74) is 5.06. The normalized spacial score (nSPS) is 10.7. The largest absolute Gasteiger partial charge is 0.496 e. The van der Waals surface area contributed by atoms with Crippen LogP contribution in [-0.2, 0) is 17.9 Å². The molecule has 0 unspecified atom stereocenters. The summed E-state index contributed by atoms with van der Waals surface area (Å²) in [4.78, 5) is 12.7. The van der Waals surface area contributed by atoms with E-state index >= 15 is 0 Å². The zero-order valence-electron chi connectivity index (χ0n) is 16.2. The van der Waals surface area contributed by atoms with Gasteiger partial charge in [-0.2, -0.15) is 5.10 Å². The quantitative estimate of drug-likeness (QED) is 0.615. The zero-order chi connectivity index (χ0) is 19.4. The van der Waals surface area contributed by atoms with Gasteiger partial charge >= 0.3 is 5.97 Å². The maximum atomic E-state index is 12.7. The molecule has 0 atom stereocenters. The Morgan fingerprint density at radius 3 is 2.52 bits per heavy atom. The third kappa shape index (κ3) is 4.19. The standard InChI is InChI=1S/C22H24N2O3/c1-15-10-11-20(26-4)19(12-15)14-27-22(25)21-16(2)23-24(17(21)3)13-18-8-6-5-7-9-18/h5-12H,13-14H2,1-4H3. The Balaban J connectivity index is 1.76. The molecule has 0 radical (unpaired) electrons. The molecular formula is C22H24N2O3. The van der Waals surface area contributed by atoms with Crippen LogP contribution >= 0.6 is 0 Å². The lowest BCUT2D eigenvalue weighted by molar-refractivity contribution is 0.0468. The molecule has 0 aliphatic rings. The van der Waals surface area contributed by atoms with Gasteiger partial charge in [0.25, 0.3) is 0 Å². The molecule has 0 fully saturated rings. The van der Waals surface area contributed by atoms with Crippen molar-refractivity contribution < 1.29 is 14.3 Å². The van der Waals surface area contributed by atoms with E-state index in [0.717, 1.165) is 22.4 Å². The number of benzene rings is 2. The molecule has 0 saturated heterocycles. The first-order valence-corrected chi connectivity index (χ1v) is 8.88. The molecule has 1 aromatic heterocycles. The molecule has 140 valence electrons. The average Bonchev–Trinajstić information content (AvgIpc) is 2.94. The van der Waals surface area contributed by atoms with Crippen molar-refractivity contribution in [2.24, 2.45) is 0 Å². The van der Waals surface area contributed by atoms with Crippen LogP contribution in [0.1, 0.15) is 38.4 Å². The van der Waals surface area contributed by atoms with E-state index in [-0.39, 0.29) is 12.6 Å². The highest BCUT2D eigenvalue weighted by atomic mass is 16.5. The van der Waals surface area contributed by atoms with Gasteiger partial charge in [0.15, 0.2) is 0 Å². The zero-order valence-corrected chi connectivity index (χ0v) is 16.2. The third-order valence-corrected chi connectivity index (χ3v) is 4.56. The molecule has 27 heavy (non-hydrogen) atoms. The fraction of sp³-hybridized carbons (Fsp3) is 0.273. The van der Waals surface area contributed by atoms with E-state index in [1.807, 2.05) is 74.0 Å². The van der Waals surface area contributed by atoms with Gasteiger partial charge in [-0.05, 0) is 38.5 Å². The smallest absolute Gasteiger partial charge is 0.342 e. The molecule has 2 aromatic carbocycles. The minimum Gasteiger partial charge on any atom is -0.496 e. The van der Waals surface area contributed by atoms with Crippen LogP contribution in [-0.4, -0.2) is 22.9 Å². The molecule has 5 nitrogen and oxygen atoms in total. The van der Waals surface area contributed by atoms with Crippen molar-refractivity contribution in [1.29, 1.82) is 0 Å². The summed E-state index contributed by atoms with van der Waals surface area (Å²) in [5, 5.41) is 4.52. The summed E-state index contributed by atoms with van der Waals surface area (Å²) < 4.78 is 12.8. The Labute approximate surface area is 159 Å². The minimum absolute atomic E-state index is 0.159. The number of esters is 1. The van der Waals surface area contributed by atoms with Crippen molar-refractivity contribution in [3.8, 4) is 5.75 Å². The molecule has 0 aliphatic heterocycles. The van der Waals surface area contributed by atoms with Gasteiger partial charge in [-0.3, -0.25) is 4.68 Å². The molecule has 0 spiro atoms. The van der Waals surface area contributed by atoms with E-state index in [1.54, 1.807) is 7.11 Å². The van der Waals surface area contributed by atoms with Crippen molar-refractivity contribution >= 4 is 5.97 Å². The molecule has 0 amide bonds. The van der Waals surface area contributed by atoms with Crippen LogP contribution in [0.3, 0.4) is 0 Å². The molecule has 0 saturated carbocycles. The second-order valence-corrected chi connectivity index (χ2v) is 6.58. The van der Waals surface area contributed by atoms with Crippen LogP contribution in [0.25, 0.3) is 0 Å². The van der Waals surface area contributed by atoms with E-state index in [2.05, 4.69) is 5.10 Å². The molecule has 3 aromatic rings. The lowest BCUT2D eigenvalue weighted by atomic mass is 10.1. The Kier molecular flexibility index (Phi) is 5.60. The van der Waals surface area contributed by atoms with Crippen molar-refractivity contribution in [2.45, 2.75) is 33.9 Å². The van der Waals surface area contributed by atoms with Gasteiger partial charge < -0.3 is 9.47 Å². The maximum absolute atomic E-state index is 12.7. The summed E-state index contributed by atoms with van der Waals surface area (Å²) >= 11 is 0. The van der Waals surface area contributed by atoms with Gasteiger partial charge in [0, 0.05) is 5.56 Å². The van der Waals surface area contributed by atoms with Crippen LogP contribution in [0, 0.1) is 20.8 Å². The number of methoxy groups -OCH3 is 1. The first-order valence-electron chi connectivity index (χ1n) is 8.88. The number of ether oxygens (including phenoxy) is 2. The summed E-state index contributed by atoms with van der Waals surface area (Å²) in [6.45, 7) is 6.50. The number of rotatable bonds is 6. The first-order chi connectivity index (χ1) is 13.0. The van der Waals surface area contributed by atoms with E-state index in [0.29, 0.717) is 23.6 Å². The van der Waals surface area contributed by atoms with Crippen LogP contribution in [0.15, 0.2) is 48.5 Å². The predicted molar refractivity (Wildman–Crippen MR) is 104 cm³/mol. The maximum Gasteiger partial charge on any atom is 0.342 e. The molecule has 0 N–H and O–H groups in total. The third-order valence-electron chi connectivity index (χ3n) is 4.56. The van der Waals surface area contributed by atoms with E-state index < -0.39 is 0 Å². The van der Waals surface area contributed by atoms with Gasteiger partial charge in [0.2, 0.25) is 0 Å². The Bertz CT molecular complexity index is 946. The van der Waals surface area contributed by atoms with Gasteiger partial charge in [-0.1, -0.05) is 42.0 Å². The number of hydrogen-bond donors (Lipinski definition) is 0. The number of hydrogen-bond acceptors (Lipinski definition) is 4. The Hall–Kier alpha value is -3.08. The molecular weight excluding hydrogens is 340 g/mol. The Morgan fingerprint density at radius 2 is 1.81 bits per heavy atom. The molecule has 5 heteroatoms. The second kappa shape index (κ2) is 8.08. The van der Waals surface area contributed by atoms with Gasteiger partial charge in [-0.25, -0.2) is 4.79 Å². The monoisotopic (exact) mass is 364 g/mol. The molecule has 0 bridgehead atoms. The topological polar surface area (TPSA) is 53.4 Å². The summed E-state index contributed by atoms with van der Waals surface area (Å²) in [6, 6.07) is 15.9. The van der Waals surface area contributed by atoms with Crippen LogP contribution in [0.2, 0.25) is 0 Å². The number of aryl methyl sites for hydroxylation is 2. The van der Waals surface area contributed by atoms with E-state index in [1.165, 1.54) is 0 Å². The highest BCUT2D eigenvalue weighted by Crippen LogP contribution is 2.22. The number of aromatic nitrogens is 2. The van der Waals surface area contributed by atoms with Gasteiger partial charge in [-0.15, -0.1) is 0 Å². The second-order valence-electron chi connectivity index (χ2n) is 6.58. The Morgan fingerprint density at radius 1 is 1.07 bits per heavy atom. The molecule has 0 aliphatic carbocycles. The molecule has 3 rings (SSSR count). The van der Waals surface area contributed by atoms with Crippen molar-refractivity contribution in [3.05, 3.63) is 82.2 Å². The lowest BCUT2D eigenvalue weighted by Gasteiger charge is -2.10. The molecule has 1 heterocycles. The van der Waals surface area contributed by atoms with E-state index in [4.69, 9.17) is 9.47 Å². The van der Waals surface area contributed by atoms with Gasteiger partial charge in [0.1, 0.15) is 17.9 Å². The van der Waals surface area contributed by atoms with Crippen molar-refractivity contribution in [3.63, 3.8) is 0 Å². The highest BCUT2D eigenvalue weighted by molar-refractivity contribution is 5.91. The van der Waals surface area contributed by atoms with Crippen LogP contribution in [0.5, 0.6) is 5.75 Å². The summed E-state index contributed by atoms with van der Waals surface area (Å²) in [6.07, 6.45) is 0. The highest BCUT2D eigenvalue weighted by Gasteiger charge is 2.20. The van der Waals surface area contributed by atoms with Crippen molar-refractivity contribution in [1.82, 2.24) is 9.78 Å². The predicted octanol–water partition coefficient (Wildman–Crippen LogP) is 4.22. The van der Waals surface area contributed by atoms with Crippen molar-refractivity contribution in [2.75, 3.05) is 7.11 Å². The van der Waals surface area contributed by atoms with E-state index in [9.17, 15) is 4.79 Å². The number of carbonyl (C=O) groups excluding carboxylic acids is 1.